The van der Waals surface area contributed by atoms with E-state index in [9.17, 15) is 4.79 Å². The van der Waals surface area contributed by atoms with E-state index in [1.54, 1.807) is 36.4 Å². The summed E-state index contributed by atoms with van der Waals surface area (Å²) in [5.41, 5.74) is 1.49. The highest BCUT2D eigenvalue weighted by Gasteiger charge is 1.99. The molecule has 0 aliphatic carbocycles. The van der Waals surface area contributed by atoms with E-state index in [1.165, 1.54) is 6.08 Å². The van der Waals surface area contributed by atoms with Gasteiger partial charge in [-0.3, -0.25) is 4.79 Å². The van der Waals surface area contributed by atoms with E-state index in [0.29, 0.717) is 15.7 Å². The van der Waals surface area contributed by atoms with Crippen molar-refractivity contribution >= 4 is 40.9 Å². The Morgan fingerprint density at radius 3 is 2.37 bits per heavy atom. The zero-order valence-corrected chi connectivity index (χ0v) is 11.4. The molecule has 0 atom stereocenters. The van der Waals surface area contributed by atoms with E-state index >= 15 is 0 Å². The molecule has 0 fully saturated rings. The maximum atomic E-state index is 11.7. The van der Waals surface area contributed by atoms with Crippen LogP contribution < -0.4 is 5.32 Å². The number of rotatable bonds is 3. The molecule has 96 valence electrons. The second kappa shape index (κ2) is 6.41. The van der Waals surface area contributed by atoms with Crippen LogP contribution in [-0.4, -0.2) is 5.91 Å². The molecule has 2 aromatic carbocycles. The van der Waals surface area contributed by atoms with Gasteiger partial charge in [-0.2, -0.15) is 0 Å². The van der Waals surface area contributed by atoms with Gasteiger partial charge >= 0.3 is 0 Å². The Morgan fingerprint density at radius 1 is 1.00 bits per heavy atom. The molecule has 0 radical (unpaired) electrons. The fourth-order valence-electron chi connectivity index (χ4n) is 1.49. The Kier molecular flexibility index (Phi) is 4.61. The molecule has 2 nitrogen and oxygen atoms in total. The Labute approximate surface area is 121 Å². The Morgan fingerprint density at radius 2 is 1.68 bits per heavy atom. The van der Waals surface area contributed by atoms with Crippen molar-refractivity contribution in [3.05, 3.63) is 70.2 Å². The van der Waals surface area contributed by atoms with Crippen molar-refractivity contribution in [2.75, 3.05) is 5.32 Å². The minimum absolute atomic E-state index is 0.220. The van der Waals surface area contributed by atoms with Crippen molar-refractivity contribution in [2.45, 2.75) is 0 Å². The topological polar surface area (TPSA) is 29.1 Å². The number of halogens is 2. The number of anilines is 1. The highest BCUT2D eigenvalue weighted by atomic mass is 35.5. The Bertz CT molecular complexity index is 606. The molecule has 19 heavy (non-hydrogen) atoms. The molecule has 0 heterocycles. The number of carbonyl (C=O) groups excluding carboxylic acids is 1. The van der Waals surface area contributed by atoms with Gasteiger partial charge in [-0.15, -0.1) is 0 Å². The third-order valence-electron chi connectivity index (χ3n) is 2.43. The SMILES string of the molecule is O=C(/C=C/c1ccccc1Cl)Nc1ccc(Cl)cc1. The minimum atomic E-state index is -0.220. The number of benzene rings is 2. The van der Waals surface area contributed by atoms with Crippen LogP contribution in [0, 0.1) is 0 Å². The van der Waals surface area contributed by atoms with Crippen molar-refractivity contribution in [2.24, 2.45) is 0 Å². The maximum Gasteiger partial charge on any atom is 0.248 e. The van der Waals surface area contributed by atoms with E-state index in [-0.39, 0.29) is 5.91 Å². The average molecular weight is 292 g/mol. The number of amides is 1. The standard InChI is InChI=1S/C15H11Cl2NO/c16-12-6-8-13(9-7-12)18-15(19)10-5-11-3-1-2-4-14(11)17/h1-10H,(H,18,19)/b10-5+. The van der Waals surface area contributed by atoms with Crippen LogP contribution in [0.4, 0.5) is 5.69 Å². The van der Waals surface area contributed by atoms with Crippen molar-refractivity contribution in [3.63, 3.8) is 0 Å². The van der Waals surface area contributed by atoms with Crippen LogP contribution in [0.15, 0.2) is 54.6 Å². The zero-order valence-electron chi connectivity index (χ0n) is 9.94. The van der Waals surface area contributed by atoms with E-state index in [2.05, 4.69) is 5.32 Å². The maximum absolute atomic E-state index is 11.7. The number of nitrogens with one attached hydrogen (secondary N) is 1. The fourth-order valence-corrected chi connectivity index (χ4v) is 1.82. The normalized spacial score (nSPS) is 10.6. The van der Waals surface area contributed by atoms with Gasteiger partial charge in [0.1, 0.15) is 0 Å². The van der Waals surface area contributed by atoms with Crippen LogP contribution in [-0.2, 0) is 4.79 Å². The summed E-state index contributed by atoms with van der Waals surface area (Å²) in [6.07, 6.45) is 3.11. The van der Waals surface area contributed by atoms with Gasteiger partial charge < -0.3 is 5.32 Å². The number of hydrogen-bond acceptors (Lipinski definition) is 1. The molecular weight excluding hydrogens is 281 g/mol. The molecule has 4 heteroatoms. The van der Waals surface area contributed by atoms with Crippen LogP contribution in [0.2, 0.25) is 10.0 Å². The molecule has 2 rings (SSSR count). The summed E-state index contributed by atoms with van der Waals surface area (Å²) in [5, 5.41) is 3.97. The van der Waals surface area contributed by atoms with Crippen molar-refractivity contribution in [1.29, 1.82) is 0 Å². The molecule has 1 amide bonds. The van der Waals surface area contributed by atoms with Crippen molar-refractivity contribution < 1.29 is 4.79 Å². The van der Waals surface area contributed by atoms with Crippen LogP contribution in [0.5, 0.6) is 0 Å². The third kappa shape index (κ3) is 4.12. The molecule has 0 aliphatic heterocycles. The van der Waals surface area contributed by atoms with Gasteiger partial charge in [0.2, 0.25) is 5.91 Å². The first-order valence-corrected chi connectivity index (χ1v) is 6.40. The summed E-state index contributed by atoms with van der Waals surface area (Å²) in [6.45, 7) is 0. The Hall–Kier alpha value is -1.77. The first-order valence-electron chi connectivity index (χ1n) is 5.64. The molecular formula is C15H11Cl2NO. The molecule has 1 N–H and O–H groups in total. The predicted octanol–water partition coefficient (Wildman–Crippen LogP) is 4.65. The molecule has 0 aliphatic rings. The van der Waals surface area contributed by atoms with Gasteiger partial charge in [0.25, 0.3) is 0 Å². The lowest BCUT2D eigenvalue weighted by molar-refractivity contribution is -0.111. The molecule has 0 saturated carbocycles. The Balaban J connectivity index is 2.02. The number of hydrogen-bond donors (Lipinski definition) is 1. The van der Waals surface area contributed by atoms with E-state index in [1.807, 2.05) is 18.2 Å². The van der Waals surface area contributed by atoms with E-state index < -0.39 is 0 Å². The molecule has 0 saturated heterocycles. The molecule has 2 aromatic rings. The molecule has 0 aromatic heterocycles. The van der Waals surface area contributed by atoms with Gasteiger partial charge in [-0.25, -0.2) is 0 Å². The second-order valence-corrected chi connectivity index (χ2v) is 4.69. The zero-order chi connectivity index (χ0) is 13.7. The van der Waals surface area contributed by atoms with Gasteiger partial charge in [0, 0.05) is 21.8 Å². The second-order valence-electron chi connectivity index (χ2n) is 3.85. The lowest BCUT2D eigenvalue weighted by Gasteiger charge is -2.02. The highest BCUT2D eigenvalue weighted by Crippen LogP contribution is 2.17. The first-order chi connectivity index (χ1) is 9.15. The lowest BCUT2D eigenvalue weighted by atomic mass is 10.2. The molecule has 0 bridgehead atoms. The lowest BCUT2D eigenvalue weighted by Crippen LogP contribution is -2.07. The first kappa shape index (κ1) is 13.7. The minimum Gasteiger partial charge on any atom is -0.323 e. The summed E-state index contributed by atoms with van der Waals surface area (Å²) in [7, 11) is 0. The van der Waals surface area contributed by atoms with Crippen LogP contribution in [0.1, 0.15) is 5.56 Å². The van der Waals surface area contributed by atoms with Crippen LogP contribution in [0.25, 0.3) is 6.08 Å². The summed E-state index contributed by atoms with van der Waals surface area (Å²) < 4.78 is 0. The summed E-state index contributed by atoms with van der Waals surface area (Å²) in [6, 6.07) is 14.2. The van der Waals surface area contributed by atoms with E-state index in [0.717, 1.165) is 5.56 Å². The van der Waals surface area contributed by atoms with E-state index in [4.69, 9.17) is 23.2 Å². The summed E-state index contributed by atoms with van der Waals surface area (Å²) in [4.78, 5) is 11.7. The number of carbonyl (C=O) groups is 1. The third-order valence-corrected chi connectivity index (χ3v) is 3.03. The highest BCUT2D eigenvalue weighted by molar-refractivity contribution is 6.32. The quantitative estimate of drug-likeness (QED) is 0.820. The summed E-state index contributed by atoms with van der Waals surface area (Å²) in [5.74, 6) is -0.220. The van der Waals surface area contributed by atoms with Gasteiger partial charge in [0.05, 0.1) is 0 Å². The molecule has 0 spiro atoms. The average Bonchev–Trinajstić information content (AvgIpc) is 2.40. The summed E-state index contributed by atoms with van der Waals surface area (Å²) >= 11 is 11.8. The van der Waals surface area contributed by atoms with Gasteiger partial charge in [-0.05, 0) is 42.0 Å². The smallest absolute Gasteiger partial charge is 0.248 e. The van der Waals surface area contributed by atoms with Crippen molar-refractivity contribution in [3.8, 4) is 0 Å². The van der Waals surface area contributed by atoms with Crippen LogP contribution >= 0.6 is 23.2 Å². The van der Waals surface area contributed by atoms with Gasteiger partial charge in [-0.1, -0.05) is 41.4 Å². The predicted molar refractivity (Wildman–Crippen MR) is 80.6 cm³/mol. The monoisotopic (exact) mass is 291 g/mol. The fraction of sp³-hybridized carbons (Fsp3) is 0. The molecule has 0 unspecified atom stereocenters. The van der Waals surface area contributed by atoms with Crippen molar-refractivity contribution in [1.82, 2.24) is 0 Å². The largest absolute Gasteiger partial charge is 0.323 e. The van der Waals surface area contributed by atoms with Gasteiger partial charge in [0.15, 0.2) is 0 Å². The van der Waals surface area contributed by atoms with Crippen LogP contribution in [0.3, 0.4) is 0 Å².